The summed E-state index contributed by atoms with van der Waals surface area (Å²) < 4.78 is 10.7. The van der Waals surface area contributed by atoms with Gasteiger partial charge in [0.1, 0.15) is 0 Å². The fourth-order valence-corrected chi connectivity index (χ4v) is 3.19. The Labute approximate surface area is 175 Å². The molecule has 0 unspecified atom stereocenters. The van der Waals surface area contributed by atoms with Crippen molar-refractivity contribution < 1.29 is 14.3 Å². The maximum absolute atomic E-state index is 12.9. The molecule has 0 aliphatic carbocycles. The minimum Gasteiger partial charge on any atom is -0.454 e. The molecule has 0 N–H and O–H groups in total. The maximum Gasteiger partial charge on any atom is 0.231 e. The molecule has 4 rings (SSSR count). The van der Waals surface area contributed by atoms with Gasteiger partial charge in [-0.3, -0.25) is 9.78 Å². The van der Waals surface area contributed by atoms with Crippen LogP contribution in [0.3, 0.4) is 0 Å². The van der Waals surface area contributed by atoms with Crippen molar-refractivity contribution in [3.8, 4) is 22.6 Å². The minimum atomic E-state index is -0.0143. The highest BCUT2D eigenvalue weighted by molar-refractivity contribution is 5.79. The molecule has 3 aromatic rings. The molecule has 30 heavy (non-hydrogen) atoms. The number of hydrogen-bond acceptors (Lipinski definition) is 7. The Bertz CT molecular complexity index is 1060. The monoisotopic (exact) mass is 405 g/mol. The molecule has 8 heteroatoms. The Hall–Kier alpha value is -3.68. The molecule has 1 amide bonds. The van der Waals surface area contributed by atoms with Crippen LogP contribution < -0.4 is 14.4 Å². The molecular weight excluding hydrogens is 382 g/mol. The second-order valence-electron chi connectivity index (χ2n) is 7.27. The summed E-state index contributed by atoms with van der Waals surface area (Å²) >= 11 is 0. The van der Waals surface area contributed by atoms with Crippen molar-refractivity contribution in [1.82, 2.24) is 19.9 Å². The number of hydrogen-bond donors (Lipinski definition) is 0. The number of benzene rings is 1. The van der Waals surface area contributed by atoms with Gasteiger partial charge in [0.2, 0.25) is 18.6 Å². The van der Waals surface area contributed by atoms with E-state index in [2.05, 4.69) is 15.0 Å². The van der Waals surface area contributed by atoms with Gasteiger partial charge in [-0.1, -0.05) is 6.07 Å². The van der Waals surface area contributed by atoms with Crippen LogP contribution in [0, 0.1) is 0 Å². The molecule has 0 saturated carbocycles. The fourth-order valence-electron chi connectivity index (χ4n) is 3.19. The molecule has 1 aliphatic heterocycles. The number of ether oxygens (including phenoxy) is 2. The van der Waals surface area contributed by atoms with Crippen LogP contribution in [-0.4, -0.2) is 53.7 Å². The summed E-state index contributed by atoms with van der Waals surface area (Å²) in [6.07, 6.45) is 5.52. The van der Waals surface area contributed by atoms with E-state index in [4.69, 9.17) is 9.47 Å². The van der Waals surface area contributed by atoms with Gasteiger partial charge in [-0.15, -0.1) is 0 Å². The van der Waals surface area contributed by atoms with Crippen molar-refractivity contribution in [1.29, 1.82) is 0 Å². The van der Waals surface area contributed by atoms with Gasteiger partial charge in [-0.2, -0.15) is 0 Å². The van der Waals surface area contributed by atoms with E-state index in [1.54, 1.807) is 30.5 Å². The first kappa shape index (κ1) is 19.6. The molecule has 0 saturated heterocycles. The van der Waals surface area contributed by atoms with Crippen LogP contribution in [0.1, 0.15) is 11.3 Å². The third kappa shape index (κ3) is 4.17. The highest BCUT2D eigenvalue weighted by Gasteiger charge is 2.18. The highest BCUT2D eigenvalue weighted by atomic mass is 16.7. The smallest absolute Gasteiger partial charge is 0.231 e. The number of likely N-dealkylation sites (N-methyl/N-ethyl adjacent to an activating group) is 1. The minimum absolute atomic E-state index is 0.0143. The number of rotatable bonds is 6. The first-order valence-corrected chi connectivity index (χ1v) is 9.57. The maximum atomic E-state index is 12.9. The van der Waals surface area contributed by atoms with E-state index in [0.717, 1.165) is 22.4 Å². The Morgan fingerprint density at radius 2 is 1.83 bits per heavy atom. The van der Waals surface area contributed by atoms with Crippen molar-refractivity contribution in [2.75, 3.05) is 32.8 Å². The van der Waals surface area contributed by atoms with Gasteiger partial charge in [-0.25, -0.2) is 9.97 Å². The third-order valence-electron chi connectivity index (χ3n) is 4.85. The van der Waals surface area contributed by atoms with Gasteiger partial charge in [-0.05, 0) is 35.4 Å². The predicted molar refractivity (Wildman–Crippen MR) is 112 cm³/mol. The molecule has 2 aromatic heterocycles. The normalized spacial score (nSPS) is 12.0. The predicted octanol–water partition coefficient (Wildman–Crippen LogP) is 2.53. The van der Waals surface area contributed by atoms with E-state index in [-0.39, 0.29) is 19.1 Å². The van der Waals surface area contributed by atoms with Crippen molar-refractivity contribution >= 4 is 11.9 Å². The van der Waals surface area contributed by atoms with Gasteiger partial charge >= 0.3 is 0 Å². The molecule has 0 radical (unpaired) electrons. The average Bonchev–Trinajstić information content (AvgIpc) is 3.22. The molecule has 0 fully saturated rings. The van der Waals surface area contributed by atoms with Gasteiger partial charge in [0, 0.05) is 45.3 Å². The van der Waals surface area contributed by atoms with Gasteiger partial charge in [0.05, 0.1) is 18.7 Å². The van der Waals surface area contributed by atoms with E-state index >= 15 is 0 Å². The number of nitrogens with zero attached hydrogens (tertiary/aromatic N) is 5. The van der Waals surface area contributed by atoms with Crippen LogP contribution in [0.2, 0.25) is 0 Å². The Morgan fingerprint density at radius 3 is 2.60 bits per heavy atom. The zero-order valence-electron chi connectivity index (χ0n) is 17.2. The molecule has 0 atom stereocenters. The van der Waals surface area contributed by atoms with Crippen molar-refractivity contribution in [2.45, 2.75) is 13.0 Å². The second kappa shape index (κ2) is 8.36. The van der Waals surface area contributed by atoms with Crippen LogP contribution in [0.5, 0.6) is 11.5 Å². The fraction of sp³-hybridized carbons (Fsp3) is 0.273. The van der Waals surface area contributed by atoms with Crippen LogP contribution >= 0.6 is 0 Å². The molecule has 3 heterocycles. The zero-order chi connectivity index (χ0) is 21.1. The average molecular weight is 405 g/mol. The molecule has 154 valence electrons. The van der Waals surface area contributed by atoms with Crippen LogP contribution in [-0.2, 0) is 17.8 Å². The van der Waals surface area contributed by atoms with Gasteiger partial charge < -0.3 is 19.3 Å². The van der Waals surface area contributed by atoms with E-state index in [0.29, 0.717) is 24.0 Å². The SMILES string of the molecule is CN(Cc1nc(N(C)C)ncc1-c1ccncc1)C(=O)Cc1ccc2c(c1)OCO2. The topological polar surface area (TPSA) is 80.7 Å². The first-order chi connectivity index (χ1) is 14.5. The molecule has 1 aliphatic rings. The zero-order valence-corrected chi connectivity index (χ0v) is 17.2. The van der Waals surface area contributed by atoms with Crippen LogP contribution in [0.4, 0.5) is 5.95 Å². The lowest BCUT2D eigenvalue weighted by Gasteiger charge is -2.20. The Balaban J connectivity index is 1.54. The van der Waals surface area contributed by atoms with Crippen molar-refractivity contribution in [3.63, 3.8) is 0 Å². The lowest BCUT2D eigenvalue weighted by atomic mass is 10.1. The van der Waals surface area contributed by atoms with E-state index in [9.17, 15) is 4.79 Å². The van der Waals surface area contributed by atoms with E-state index in [1.807, 2.05) is 49.3 Å². The van der Waals surface area contributed by atoms with Crippen molar-refractivity contribution in [3.05, 3.63) is 60.2 Å². The molecular formula is C22H23N5O3. The number of fused-ring (bicyclic) bond motifs is 1. The summed E-state index contributed by atoms with van der Waals surface area (Å²) in [5.41, 5.74) is 3.50. The standard InChI is InChI=1S/C22H23N5O3/c1-26(2)22-24-12-17(16-6-8-23-9-7-16)18(25-22)13-27(3)21(28)11-15-4-5-19-20(10-15)30-14-29-19/h4-10,12H,11,13-14H2,1-3H3. The van der Waals surface area contributed by atoms with E-state index in [1.165, 1.54) is 0 Å². The highest BCUT2D eigenvalue weighted by Crippen LogP contribution is 2.32. The lowest BCUT2D eigenvalue weighted by Crippen LogP contribution is -2.28. The van der Waals surface area contributed by atoms with Gasteiger partial charge in [0.25, 0.3) is 0 Å². The number of carbonyl (C=O) groups is 1. The third-order valence-corrected chi connectivity index (χ3v) is 4.85. The summed E-state index contributed by atoms with van der Waals surface area (Å²) in [5, 5.41) is 0. The number of pyridine rings is 1. The Kier molecular flexibility index (Phi) is 5.47. The summed E-state index contributed by atoms with van der Waals surface area (Å²) in [5.74, 6) is 1.96. The first-order valence-electron chi connectivity index (χ1n) is 9.57. The Morgan fingerprint density at radius 1 is 1.07 bits per heavy atom. The molecule has 0 bridgehead atoms. The summed E-state index contributed by atoms with van der Waals surface area (Å²) in [4.78, 5) is 29.6. The number of anilines is 1. The summed E-state index contributed by atoms with van der Waals surface area (Å²) in [7, 11) is 5.56. The van der Waals surface area contributed by atoms with Crippen molar-refractivity contribution in [2.24, 2.45) is 0 Å². The molecule has 0 spiro atoms. The van der Waals surface area contributed by atoms with E-state index < -0.39 is 0 Å². The molecule has 1 aromatic carbocycles. The second-order valence-corrected chi connectivity index (χ2v) is 7.27. The summed E-state index contributed by atoms with van der Waals surface area (Å²) in [6.45, 7) is 0.580. The number of carbonyl (C=O) groups excluding carboxylic acids is 1. The quantitative estimate of drug-likeness (QED) is 0.623. The number of amides is 1. The van der Waals surface area contributed by atoms with Gasteiger partial charge in [0.15, 0.2) is 11.5 Å². The van der Waals surface area contributed by atoms with Crippen LogP contribution in [0.15, 0.2) is 48.9 Å². The molecule has 8 nitrogen and oxygen atoms in total. The number of aromatic nitrogens is 3. The van der Waals surface area contributed by atoms with Crippen LogP contribution in [0.25, 0.3) is 11.1 Å². The largest absolute Gasteiger partial charge is 0.454 e. The lowest BCUT2D eigenvalue weighted by molar-refractivity contribution is -0.129. The summed E-state index contributed by atoms with van der Waals surface area (Å²) in [6, 6.07) is 9.39.